The molecule has 1 amide bonds. The molecule has 0 fully saturated rings. The fraction of sp³-hybridized carbons (Fsp3) is 0.130. The Morgan fingerprint density at radius 1 is 1.00 bits per heavy atom. The minimum atomic E-state index is -2.84. The number of benzene rings is 3. The van der Waals surface area contributed by atoms with Crippen molar-refractivity contribution in [1.82, 2.24) is 4.90 Å². The van der Waals surface area contributed by atoms with Gasteiger partial charge < -0.3 is 10.6 Å². The number of nitrogens with zero attached hydrogens (tertiary/aromatic N) is 1. The normalized spacial score (nSPS) is 10.6. The van der Waals surface area contributed by atoms with Crippen LogP contribution < -0.4 is 10.5 Å². The molecule has 0 saturated heterocycles. The van der Waals surface area contributed by atoms with Gasteiger partial charge in [-0.3, -0.25) is 14.9 Å². The first kappa shape index (κ1) is 22.0. The summed E-state index contributed by atoms with van der Waals surface area (Å²) in [5.41, 5.74) is 9.76. The predicted octanol–water partition coefficient (Wildman–Crippen LogP) is 2.78. The molecule has 3 aromatic rings. The number of carbonyl (C=O) groups excluding carboxylic acids is 1. The molecular weight excluding hydrogens is 412 g/mol. The van der Waals surface area contributed by atoms with Gasteiger partial charge in [0.1, 0.15) is 5.84 Å². The van der Waals surface area contributed by atoms with Crippen LogP contribution >= 0.6 is 0 Å². The summed E-state index contributed by atoms with van der Waals surface area (Å²) in [6.45, 7) is 0.375. The van der Waals surface area contributed by atoms with Crippen LogP contribution in [0, 0.1) is 5.41 Å². The summed E-state index contributed by atoms with van der Waals surface area (Å²) < 4.78 is 25.1. The summed E-state index contributed by atoms with van der Waals surface area (Å²) >= 11 is 0. The van der Waals surface area contributed by atoms with E-state index in [2.05, 4.69) is 4.72 Å². The highest BCUT2D eigenvalue weighted by Gasteiger charge is 2.13. The van der Waals surface area contributed by atoms with Crippen molar-refractivity contribution in [2.45, 2.75) is 13.0 Å². The summed E-state index contributed by atoms with van der Waals surface area (Å²) in [5.74, 6) is -0.135. The van der Waals surface area contributed by atoms with E-state index in [0.29, 0.717) is 23.4 Å². The third kappa shape index (κ3) is 5.93. The number of carbonyl (C=O) groups is 1. The largest absolute Gasteiger partial charge is 0.384 e. The third-order valence-corrected chi connectivity index (χ3v) is 5.24. The zero-order valence-electron chi connectivity index (χ0n) is 17.0. The molecule has 0 atom stereocenters. The van der Waals surface area contributed by atoms with Gasteiger partial charge in [-0.15, -0.1) is 0 Å². The minimum Gasteiger partial charge on any atom is -0.384 e. The third-order valence-electron chi connectivity index (χ3n) is 4.82. The van der Waals surface area contributed by atoms with Crippen molar-refractivity contribution in [3.63, 3.8) is 0 Å². The number of nitrogens with two attached hydrogens (primary N) is 1. The molecular formula is C23H24N4O3S. The molecule has 8 heteroatoms. The molecule has 0 aliphatic rings. The molecule has 0 radical (unpaired) electrons. The van der Waals surface area contributed by atoms with Crippen LogP contribution in [0.15, 0.2) is 72.8 Å². The molecule has 3 aromatic carbocycles. The van der Waals surface area contributed by atoms with E-state index in [9.17, 15) is 13.2 Å². The van der Waals surface area contributed by atoms with Crippen molar-refractivity contribution in [2.24, 2.45) is 5.73 Å². The number of hydrogen-bond acceptors (Lipinski definition) is 4. The van der Waals surface area contributed by atoms with Crippen molar-refractivity contribution in [1.29, 1.82) is 5.41 Å². The van der Waals surface area contributed by atoms with E-state index >= 15 is 0 Å². The SMILES string of the molecule is CN(Cc1cccc(C(=N)N)c1)C(=O)Cc1ccc(-c2ccccc2)c(N[SH](=O)=O)c1. The fourth-order valence-electron chi connectivity index (χ4n) is 3.27. The summed E-state index contributed by atoms with van der Waals surface area (Å²) in [4.78, 5) is 14.3. The molecule has 0 heterocycles. The number of likely N-dealkylation sites (N-methyl/N-ethyl adjacent to an activating group) is 1. The van der Waals surface area contributed by atoms with Gasteiger partial charge in [0.2, 0.25) is 16.8 Å². The van der Waals surface area contributed by atoms with Gasteiger partial charge in [-0.2, -0.15) is 0 Å². The van der Waals surface area contributed by atoms with Crippen molar-refractivity contribution in [2.75, 3.05) is 11.8 Å². The van der Waals surface area contributed by atoms with Gasteiger partial charge in [-0.1, -0.05) is 60.7 Å². The van der Waals surface area contributed by atoms with Crippen LogP contribution in [0.25, 0.3) is 11.1 Å². The highest BCUT2D eigenvalue weighted by Crippen LogP contribution is 2.29. The van der Waals surface area contributed by atoms with Crippen LogP contribution in [0.5, 0.6) is 0 Å². The van der Waals surface area contributed by atoms with Gasteiger partial charge in [0.25, 0.3) is 0 Å². The van der Waals surface area contributed by atoms with Gasteiger partial charge in [0, 0.05) is 24.7 Å². The van der Waals surface area contributed by atoms with E-state index in [4.69, 9.17) is 11.1 Å². The lowest BCUT2D eigenvalue weighted by molar-refractivity contribution is -0.129. The maximum absolute atomic E-state index is 12.7. The van der Waals surface area contributed by atoms with E-state index in [-0.39, 0.29) is 18.2 Å². The van der Waals surface area contributed by atoms with E-state index in [1.54, 1.807) is 36.2 Å². The van der Waals surface area contributed by atoms with E-state index < -0.39 is 10.9 Å². The second kappa shape index (κ2) is 9.90. The van der Waals surface area contributed by atoms with Gasteiger partial charge in [-0.05, 0) is 28.8 Å². The first-order valence-corrected chi connectivity index (χ1v) is 10.8. The van der Waals surface area contributed by atoms with Crippen LogP contribution in [-0.4, -0.2) is 32.1 Å². The number of amides is 1. The second-order valence-corrected chi connectivity index (χ2v) is 7.89. The quantitative estimate of drug-likeness (QED) is 0.247. The van der Waals surface area contributed by atoms with Gasteiger partial charge in [-0.25, -0.2) is 8.42 Å². The molecule has 0 bridgehead atoms. The number of nitrogen functional groups attached to an aromatic ring is 1. The average molecular weight is 437 g/mol. The van der Waals surface area contributed by atoms with Crippen LogP contribution in [0.3, 0.4) is 0 Å². The smallest absolute Gasteiger partial charge is 0.227 e. The Labute approximate surface area is 183 Å². The molecule has 0 aromatic heterocycles. The Morgan fingerprint density at radius 3 is 2.42 bits per heavy atom. The Morgan fingerprint density at radius 2 is 1.74 bits per heavy atom. The average Bonchev–Trinajstić information content (AvgIpc) is 2.74. The number of rotatable bonds is 8. The minimum absolute atomic E-state index is 0.0222. The van der Waals surface area contributed by atoms with E-state index in [1.807, 2.05) is 48.5 Å². The molecule has 0 unspecified atom stereocenters. The molecule has 0 aliphatic heterocycles. The maximum Gasteiger partial charge on any atom is 0.227 e. The Bertz CT molecular complexity index is 1170. The predicted molar refractivity (Wildman–Crippen MR) is 123 cm³/mol. The van der Waals surface area contributed by atoms with Crippen LogP contribution in [0.1, 0.15) is 16.7 Å². The van der Waals surface area contributed by atoms with Crippen LogP contribution in [-0.2, 0) is 28.7 Å². The maximum atomic E-state index is 12.7. The highest BCUT2D eigenvalue weighted by atomic mass is 32.2. The van der Waals surface area contributed by atoms with E-state index in [1.165, 1.54) is 0 Å². The molecule has 31 heavy (non-hydrogen) atoms. The van der Waals surface area contributed by atoms with Crippen molar-refractivity contribution in [3.05, 3.63) is 89.5 Å². The molecule has 0 saturated carbocycles. The summed E-state index contributed by atoms with van der Waals surface area (Å²) in [5, 5.41) is 7.54. The second-order valence-electron chi connectivity index (χ2n) is 7.16. The van der Waals surface area contributed by atoms with E-state index in [0.717, 1.165) is 16.7 Å². The first-order chi connectivity index (χ1) is 14.8. The standard InChI is InChI=1S/C23H24N4O3S/c1-27(15-17-6-5-9-19(12-17)23(24)25)22(28)14-16-10-11-20(18-7-3-2-4-8-18)21(13-16)26-31(29)30/h2-13,31H,14-15H2,1H3,(H3,24,25)(H,26,29,30). The fourth-order valence-corrected chi connectivity index (χ4v) is 3.65. The Hall–Kier alpha value is -3.65. The number of thiol groups is 1. The zero-order chi connectivity index (χ0) is 22.4. The summed E-state index contributed by atoms with van der Waals surface area (Å²) in [6, 6.07) is 22.0. The summed E-state index contributed by atoms with van der Waals surface area (Å²) in [6.07, 6.45) is 0.127. The topological polar surface area (TPSA) is 116 Å². The van der Waals surface area contributed by atoms with Crippen molar-refractivity contribution in [3.8, 4) is 11.1 Å². The van der Waals surface area contributed by atoms with Gasteiger partial charge >= 0.3 is 0 Å². The van der Waals surface area contributed by atoms with Crippen LogP contribution in [0.4, 0.5) is 5.69 Å². The van der Waals surface area contributed by atoms with Crippen LogP contribution in [0.2, 0.25) is 0 Å². The monoisotopic (exact) mass is 436 g/mol. The van der Waals surface area contributed by atoms with Gasteiger partial charge in [0.15, 0.2) is 0 Å². The molecule has 160 valence electrons. The molecule has 0 spiro atoms. The Balaban J connectivity index is 1.77. The molecule has 3 rings (SSSR count). The molecule has 7 nitrogen and oxygen atoms in total. The number of anilines is 1. The lowest BCUT2D eigenvalue weighted by Crippen LogP contribution is -2.28. The molecule has 4 N–H and O–H groups in total. The molecule has 0 aliphatic carbocycles. The lowest BCUT2D eigenvalue weighted by atomic mass is 10.0. The summed E-state index contributed by atoms with van der Waals surface area (Å²) in [7, 11) is -1.14. The van der Waals surface area contributed by atoms with Crippen molar-refractivity contribution < 1.29 is 13.2 Å². The zero-order valence-corrected chi connectivity index (χ0v) is 17.9. The van der Waals surface area contributed by atoms with Crippen molar-refractivity contribution >= 4 is 28.3 Å². The lowest BCUT2D eigenvalue weighted by Gasteiger charge is -2.18. The number of amidine groups is 1. The first-order valence-electron chi connectivity index (χ1n) is 9.60. The number of nitrogens with one attached hydrogen (secondary N) is 2. The number of hydrogen-bond donors (Lipinski definition) is 4. The highest BCUT2D eigenvalue weighted by molar-refractivity contribution is 7.73. The Kier molecular flexibility index (Phi) is 7.04. The van der Waals surface area contributed by atoms with Gasteiger partial charge in [0.05, 0.1) is 12.1 Å².